The minimum atomic E-state index is 0.0250. The molecular formula is C16H23N5. The summed E-state index contributed by atoms with van der Waals surface area (Å²) >= 11 is 0. The third-order valence-corrected chi connectivity index (χ3v) is 2.73. The number of allylic oxidation sites excluding steroid dienone is 2. The molecular weight excluding hydrogens is 262 g/mol. The minimum absolute atomic E-state index is 0.0250. The molecule has 0 aliphatic rings. The standard InChI is InChI=1S/C16H23N5/c1-13(21-16(18)19)9-10-15(12-17)20-11-5-8-14-6-3-2-4-7-14/h2-8,12,20H,1,9-11,17H2,(H4,18,19,21)/b8-5+,15-12-. The van der Waals surface area contributed by atoms with E-state index in [1.807, 2.05) is 24.3 Å². The molecule has 0 spiro atoms. The van der Waals surface area contributed by atoms with Gasteiger partial charge in [0.25, 0.3) is 0 Å². The molecule has 0 aromatic heterocycles. The molecule has 0 atom stereocenters. The molecule has 0 fully saturated rings. The number of nitrogens with one attached hydrogen (secondary N) is 1. The first-order valence-corrected chi connectivity index (χ1v) is 6.75. The van der Waals surface area contributed by atoms with Crippen molar-refractivity contribution in [3.63, 3.8) is 0 Å². The molecule has 0 aliphatic carbocycles. The van der Waals surface area contributed by atoms with Crippen molar-refractivity contribution in [3.8, 4) is 0 Å². The molecule has 0 radical (unpaired) electrons. The fraction of sp³-hybridized carbons (Fsp3) is 0.188. The zero-order chi connectivity index (χ0) is 15.5. The Morgan fingerprint density at radius 3 is 2.52 bits per heavy atom. The topological polar surface area (TPSA) is 102 Å². The predicted molar refractivity (Wildman–Crippen MR) is 89.9 cm³/mol. The summed E-state index contributed by atoms with van der Waals surface area (Å²) in [6.45, 7) is 4.48. The van der Waals surface area contributed by atoms with Gasteiger partial charge in [-0.2, -0.15) is 0 Å². The van der Waals surface area contributed by atoms with Gasteiger partial charge in [-0.15, -0.1) is 0 Å². The highest BCUT2D eigenvalue weighted by molar-refractivity contribution is 5.76. The quantitative estimate of drug-likeness (QED) is 0.431. The van der Waals surface area contributed by atoms with Gasteiger partial charge in [-0.1, -0.05) is 49.1 Å². The van der Waals surface area contributed by atoms with E-state index in [9.17, 15) is 0 Å². The van der Waals surface area contributed by atoms with Gasteiger partial charge in [0.15, 0.2) is 5.96 Å². The molecule has 112 valence electrons. The molecule has 0 bridgehead atoms. The molecule has 0 heterocycles. The molecule has 1 rings (SSSR count). The van der Waals surface area contributed by atoms with Crippen molar-refractivity contribution in [1.29, 1.82) is 0 Å². The minimum Gasteiger partial charge on any atom is -0.403 e. The van der Waals surface area contributed by atoms with E-state index in [2.05, 4.69) is 35.1 Å². The molecule has 21 heavy (non-hydrogen) atoms. The number of hydrogen-bond acceptors (Lipinski definition) is 3. The van der Waals surface area contributed by atoms with Gasteiger partial charge in [-0.3, -0.25) is 0 Å². The summed E-state index contributed by atoms with van der Waals surface area (Å²) < 4.78 is 0. The van der Waals surface area contributed by atoms with Gasteiger partial charge in [-0.25, -0.2) is 4.99 Å². The zero-order valence-corrected chi connectivity index (χ0v) is 12.1. The van der Waals surface area contributed by atoms with Crippen LogP contribution in [0.15, 0.2) is 65.6 Å². The number of nitrogens with two attached hydrogens (primary N) is 3. The lowest BCUT2D eigenvalue weighted by Gasteiger charge is -2.08. The maximum Gasteiger partial charge on any atom is 0.190 e. The molecule has 0 amide bonds. The largest absolute Gasteiger partial charge is 0.403 e. The van der Waals surface area contributed by atoms with E-state index in [1.54, 1.807) is 6.20 Å². The van der Waals surface area contributed by atoms with Crippen LogP contribution in [0, 0.1) is 0 Å². The Kier molecular flexibility index (Phi) is 7.21. The smallest absolute Gasteiger partial charge is 0.190 e. The predicted octanol–water partition coefficient (Wildman–Crippen LogP) is 1.66. The number of guanidine groups is 1. The van der Waals surface area contributed by atoms with E-state index in [-0.39, 0.29) is 5.96 Å². The van der Waals surface area contributed by atoms with Gasteiger partial charge in [0.2, 0.25) is 0 Å². The van der Waals surface area contributed by atoms with Gasteiger partial charge in [-0.05, 0) is 18.4 Å². The van der Waals surface area contributed by atoms with E-state index in [1.165, 1.54) is 5.56 Å². The lowest BCUT2D eigenvalue weighted by molar-refractivity contribution is 0.788. The van der Waals surface area contributed by atoms with Crippen molar-refractivity contribution >= 4 is 12.0 Å². The Hall–Kier alpha value is -2.69. The second-order valence-electron chi connectivity index (χ2n) is 4.49. The van der Waals surface area contributed by atoms with Gasteiger partial charge in [0.1, 0.15) is 0 Å². The van der Waals surface area contributed by atoms with Crippen LogP contribution in [0.3, 0.4) is 0 Å². The van der Waals surface area contributed by atoms with Crippen molar-refractivity contribution in [2.45, 2.75) is 12.8 Å². The summed E-state index contributed by atoms with van der Waals surface area (Å²) in [6.07, 6.45) is 7.02. The Bertz CT molecular complexity index is 525. The van der Waals surface area contributed by atoms with E-state index < -0.39 is 0 Å². The summed E-state index contributed by atoms with van der Waals surface area (Å²) in [4.78, 5) is 3.89. The normalized spacial score (nSPS) is 11.3. The molecule has 0 unspecified atom stereocenters. The van der Waals surface area contributed by atoms with Gasteiger partial charge >= 0.3 is 0 Å². The maximum atomic E-state index is 5.59. The monoisotopic (exact) mass is 285 g/mol. The van der Waals surface area contributed by atoms with E-state index in [4.69, 9.17) is 17.2 Å². The van der Waals surface area contributed by atoms with Crippen LogP contribution in [0.5, 0.6) is 0 Å². The van der Waals surface area contributed by atoms with Crippen molar-refractivity contribution in [2.75, 3.05) is 6.54 Å². The first kappa shape index (κ1) is 16.4. The second kappa shape index (κ2) is 9.25. The summed E-state index contributed by atoms with van der Waals surface area (Å²) in [7, 11) is 0. The maximum absolute atomic E-state index is 5.59. The van der Waals surface area contributed by atoms with Crippen molar-refractivity contribution in [1.82, 2.24) is 5.32 Å². The third kappa shape index (κ3) is 7.47. The van der Waals surface area contributed by atoms with E-state index in [0.29, 0.717) is 25.1 Å². The summed E-state index contributed by atoms with van der Waals surface area (Å²) in [5.41, 5.74) is 18.9. The average molecular weight is 285 g/mol. The third-order valence-electron chi connectivity index (χ3n) is 2.73. The Morgan fingerprint density at radius 2 is 1.90 bits per heavy atom. The Labute approximate surface area is 125 Å². The van der Waals surface area contributed by atoms with Crippen LogP contribution in [0.25, 0.3) is 6.08 Å². The molecule has 5 heteroatoms. The zero-order valence-electron chi connectivity index (χ0n) is 12.1. The van der Waals surface area contributed by atoms with Crippen molar-refractivity contribution in [3.05, 3.63) is 66.1 Å². The average Bonchev–Trinajstić information content (AvgIpc) is 2.47. The van der Waals surface area contributed by atoms with Gasteiger partial charge in [0.05, 0.1) is 0 Å². The number of aliphatic imine (C=N–C) groups is 1. The summed E-state index contributed by atoms with van der Waals surface area (Å²) in [5.74, 6) is 0.0250. The van der Waals surface area contributed by atoms with E-state index in [0.717, 1.165) is 5.70 Å². The van der Waals surface area contributed by atoms with Crippen LogP contribution < -0.4 is 22.5 Å². The summed E-state index contributed by atoms with van der Waals surface area (Å²) in [5, 5.41) is 3.25. The number of benzene rings is 1. The Morgan fingerprint density at radius 1 is 1.19 bits per heavy atom. The molecule has 0 aliphatic heterocycles. The first-order valence-electron chi connectivity index (χ1n) is 6.75. The van der Waals surface area contributed by atoms with Crippen LogP contribution in [-0.2, 0) is 0 Å². The number of nitrogens with zero attached hydrogens (tertiary/aromatic N) is 1. The highest BCUT2D eigenvalue weighted by Crippen LogP contribution is 2.08. The molecule has 1 aromatic rings. The van der Waals surface area contributed by atoms with Crippen LogP contribution in [0.1, 0.15) is 18.4 Å². The SMILES string of the molecule is C=C(CC/C(=C/N)NC/C=C/c1ccccc1)N=C(N)N. The van der Waals surface area contributed by atoms with Crippen LogP contribution in [0.2, 0.25) is 0 Å². The van der Waals surface area contributed by atoms with Crippen molar-refractivity contribution < 1.29 is 0 Å². The Balaban J connectivity index is 2.34. The molecule has 5 nitrogen and oxygen atoms in total. The lowest BCUT2D eigenvalue weighted by Crippen LogP contribution is -2.22. The molecule has 0 saturated heterocycles. The lowest BCUT2D eigenvalue weighted by atomic mass is 10.2. The summed E-state index contributed by atoms with van der Waals surface area (Å²) in [6, 6.07) is 10.1. The van der Waals surface area contributed by atoms with Crippen LogP contribution >= 0.6 is 0 Å². The number of hydrogen-bond donors (Lipinski definition) is 4. The van der Waals surface area contributed by atoms with Crippen LogP contribution in [-0.4, -0.2) is 12.5 Å². The molecule has 1 aromatic carbocycles. The molecule has 0 saturated carbocycles. The first-order chi connectivity index (χ1) is 10.1. The highest BCUT2D eigenvalue weighted by atomic mass is 15.0. The fourth-order valence-electron chi connectivity index (χ4n) is 1.70. The number of rotatable bonds is 8. The van der Waals surface area contributed by atoms with E-state index >= 15 is 0 Å². The van der Waals surface area contributed by atoms with Crippen molar-refractivity contribution in [2.24, 2.45) is 22.2 Å². The second-order valence-corrected chi connectivity index (χ2v) is 4.49. The van der Waals surface area contributed by atoms with Gasteiger partial charge in [0, 0.05) is 24.1 Å². The van der Waals surface area contributed by atoms with Crippen LogP contribution in [0.4, 0.5) is 0 Å². The fourth-order valence-corrected chi connectivity index (χ4v) is 1.70. The highest BCUT2D eigenvalue weighted by Gasteiger charge is 1.98. The van der Waals surface area contributed by atoms with Gasteiger partial charge < -0.3 is 22.5 Å². The molecule has 7 N–H and O–H groups in total.